The summed E-state index contributed by atoms with van der Waals surface area (Å²) < 4.78 is 14.0. The van der Waals surface area contributed by atoms with E-state index < -0.39 is 24.4 Å². The Morgan fingerprint density at radius 2 is 2.32 bits per heavy atom. The minimum absolute atomic E-state index is 0.0867. The van der Waals surface area contributed by atoms with Gasteiger partial charge in [0.2, 0.25) is 0 Å². The number of carbonyl (C=O) groups is 2. The molecule has 2 atom stereocenters. The number of urea groups is 1. The van der Waals surface area contributed by atoms with Crippen molar-refractivity contribution in [2.24, 2.45) is 5.92 Å². The molecule has 1 fully saturated rings. The zero-order valence-corrected chi connectivity index (χ0v) is 13.0. The maximum Gasteiger partial charge on any atom is 0.326 e. The highest BCUT2D eigenvalue weighted by molar-refractivity contribution is 6.30. The van der Waals surface area contributed by atoms with Gasteiger partial charge in [-0.05, 0) is 12.0 Å². The molecule has 0 aromatic carbocycles. The first-order valence-corrected chi connectivity index (χ1v) is 7.33. The first kappa shape index (κ1) is 16.5. The average Bonchev–Trinajstić information content (AvgIpc) is 2.75. The van der Waals surface area contributed by atoms with Crippen LogP contribution >= 0.6 is 11.6 Å². The molecule has 1 saturated heterocycles. The summed E-state index contributed by atoms with van der Waals surface area (Å²) in [7, 11) is 0. The van der Waals surface area contributed by atoms with Crippen LogP contribution in [0.15, 0.2) is 12.3 Å². The summed E-state index contributed by atoms with van der Waals surface area (Å²) in [5.74, 6) is -1.85. The molecule has 1 aromatic heterocycles. The fraction of sp³-hybridized carbons (Fsp3) is 0.500. The second-order valence-electron chi connectivity index (χ2n) is 5.33. The van der Waals surface area contributed by atoms with Crippen molar-refractivity contribution in [3.8, 4) is 0 Å². The SMILES string of the molecule is CC[C@H](C)[C@H]1CN(c2ncc(Cl)cc2F)C(=O)N1CC(=O)O. The Hall–Kier alpha value is -1.89. The Balaban J connectivity index is 2.34. The van der Waals surface area contributed by atoms with Gasteiger partial charge in [0.1, 0.15) is 6.54 Å². The number of hydrogen-bond acceptors (Lipinski definition) is 3. The fourth-order valence-electron chi connectivity index (χ4n) is 2.53. The van der Waals surface area contributed by atoms with Crippen LogP contribution in [0.4, 0.5) is 15.0 Å². The molecule has 6 nitrogen and oxygen atoms in total. The summed E-state index contributed by atoms with van der Waals surface area (Å²) in [5, 5.41) is 9.13. The Bertz CT molecular complexity index is 599. The van der Waals surface area contributed by atoms with Gasteiger partial charge >= 0.3 is 12.0 Å². The van der Waals surface area contributed by atoms with Gasteiger partial charge in [-0.1, -0.05) is 31.9 Å². The number of halogens is 2. The maximum absolute atomic E-state index is 14.0. The molecule has 0 saturated carbocycles. The summed E-state index contributed by atoms with van der Waals surface area (Å²) in [6, 6.07) is 0.224. The average molecular weight is 330 g/mol. The number of carbonyl (C=O) groups excluding carboxylic acids is 1. The minimum Gasteiger partial charge on any atom is -0.480 e. The van der Waals surface area contributed by atoms with Crippen molar-refractivity contribution in [3.05, 3.63) is 23.1 Å². The lowest BCUT2D eigenvalue weighted by atomic mass is 9.99. The van der Waals surface area contributed by atoms with Crippen LogP contribution in [0.2, 0.25) is 5.02 Å². The largest absolute Gasteiger partial charge is 0.480 e. The fourth-order valence-corrected chi connectivity index (χ4v) is 2.68. The number of carboxylic acids is 1. The molecule has 1 aromatic rings. The number of anilines is 1. The first-order valence-electron chi connectivity index (χ1n) is 6.96. The van der Waals surface area contributed by atoms with Crippen molar-refractivity contribution in [1.29, 1.82) is 0 Å². The zero-order valence-electron chi connectivity index (χ0n) is 12.3. The number of hydrogen-bond donors (Lipinski definition) is 1. The summed E-state index contributed by atoms with van der Waals surface area (Å²) in [6.45, 7) is 3.67. The van der Waals surface area contributed by atoms with Crippen LogP contribution in [0.25, 0.3) is 0 Å². The van der Waals surface area contributed by atoms with Gasteiger partial charge in [0, 0.05) is 6.20 Å². The predicted octanol–water partition coefficient (Wildman–Crippen LogP) is 2.62. The molecule has 0 radical (unpaired) electrons. The molecule has 2 rings (SSSR count). The van der Waals surface area contributed by atoms with Crippen LogP contribution < -0.4 is 4.90 Å². The summed E-state index contributed by atoms with van der Waals surface area (Å²) in [5.41, 5.74) is 0. The van der Waals surface area contributed by atoms with Gasteiger partial charge in [-0.3, -0.25) is 9.69 Å². The van der Waals surface area contributed by atoms with Gasteiger partial charge in [-0.25, -0.2) is 14.2 Å². The predicted molar refractivity (Wildman–Crippen MR) is 79.5 cm³/mol. The zero-order chi connectivity index (χ0) is 16.4. The van der Waals surface area contributed by atoms with Crippen molar-refractivity contribution >= 4 is 29.4 Å². The summed E-state index contributed by atoms with van der Waals surface area (Å²) in [4.78, 5) is 29.7. The van der Waals surface area contributed by atoms with Gasteiger partial charge in [-0.15, -0.1) is 0 Å². The molecule has 0 spiro atoms. The molecular formula is C14H17ClFN3O3. The second-order valence-corrected chi connectivity index (χ2v) is 5.76. The highest BCUT2D eigenvalue weighted by atomic mass is 35.5. The number of nitrogens with zero attached hydrogens (tertiary/aromatic N) is 3. The van der Waals surface area contributed by atoms with E-state index in [0.29, 0.717) is 0 Å². The number of aliphatic carboxylic acids is 1. The maximum atomic E-state index is 14.0. The van der Waals surface area contributed by atoms with E-state index in [-0.39, 0.29) is 29.3 Å². The lowest BCUT2D eigenvalue weighted by molar-refractivity contribution is -0.138. The third kappa shape index (κ3) is 3.14. The molecule has 1 aliphatic rings. The van der Waals surface area contributed by atoms with Crippen molar-refractivity contribution in [3.63, 3.8) is 0 Å². The molecule has 1 N–H and O–H groups in total. The standard InChI is InChI=1S/C14H17ClFN3O3/c1-3-8(2)11-6-19(14(22)18(11)7-12(20)21)13-10(16)4-9(15)5-17-13/h4-5,8,11H,3,6-7H2,1-2H3,(H,20,21)/t8-,11+/m0/s1. The molecule has 0 aliphatic carbocycles. The van der Waals surface area contributed by atoms with E-state index in [2.05, 4.69) is 4.98 Å². The van der Waals surface area contributed by atoms with Gasteiger partial charge in [-0.2, -0.15) is 0 Å². The van der Waals surface area contributed by atoms with E-state index in [1.807, 2.05) is 13.8 Å². The molecule has 120 valence electrons. The van der Waals surface area contributed by atoms with E-state index in [1.165, 1.54) is 16.0 Å². The van der Waals surface area contributed by atoms with Crippen LogP contribution in [0.5, 0.6) is 0 Å². The van der Waals surface area contributed by atoms with Crippen LogP contribution in [0.3, 0.4) is 0 Å². The number of rotatable bonds is 5. The van der Waals surface area contributed by atoms with E-state index in [4.69, 9.17) is 16.7 Å². The Morgan fingerprint density at radius 3 is 2.86 bits per heavy atom. The topological polar surface area (TPSA) is 73.7 Å². The Morgan fingerprint density at radius 1 is 1.64 bits per heavy atom. The van der Waals surface area contributed by atoms with Gasteiger partial charge in [0.15, 0.2) is 11.6 Å². The van der Waals surface area contributed by atoms with E-state index in [0.717, 1.165) is 12.5 Å². The summed E-state index contributed by atoms with van der Waals surface area (Å²) in [6.07, 6.45) is 2.03. The molecule has 0 unspecified atom stereocenters. The third-order valence-electron chi connectivity index (χ3n) is 3.90. The van der Waals surface area contributed by atoms with Crippen LogP contribution in [0, 0.1) is 11.7 Å². The number of aromatic nitrogens is 1. The van der Waals surface area contributed by atoms with E-state index >= 15 is 0 Å². The molecule has 2 heterocycles. The van der Waals surface area contributed by atoms with Crippen LogP contribution in [-0.2, 0) is 4.79 Å². The van der Waals surface area contributed by atoms with E-state index in [9.17, 15) is 14.0 Å². The quantitative estimate of drug-likeness (QED) is 0.901. The van der Waals surface area contributed by atoms with Crippen molar-refractivity contribution in [2.45, 2.75) is 26.3 Å². The molecule has 1 aliphatic heterocycles. The van der Waals surface area contributed by atoms with E-state index in [1.54, 1.807) is 0 Å². The van der Waals surface area contributed by atoms with Crippen molar-refractivity contribution in [1.82, 2.24) is 9.88 Å². The molecular weight excluding hydrogens is 313 g/mol. The normalized spacial score (nSPS) is 19.6. The lowest BCUT2D eigenvalue weighted by Crippen LogP contribution is -2.41. The number of amides is 2. The van der Waals surface area contributed by atoms with Gasteiger partial charge in [0.25, 0.3) is 0 Å². The Kier molecular flexibility index (Phi) is 4.85. The second kappa shape index (κ2) is 6.48. The van der Waals surface area contributed by atoms with Crippen LogP contribution in [0.1, 0.15) is 20.3 Å². The Labute approximate surface area is 132 Å². The molecule has 2 amide bonds. The third-order valence-corrected chi connectivity index (χ3v) is 4.10. The monoisotopic (exact) mass is 329 g/mol. The van der Waals surface area contributed by atoms with Crippen molar-refractivity contribution < 1.29 is 19.1 Å². The van der Waals surface area contributed by atoms with Gasteiger partial charge in [0.05, 0.1) is 17.6 Å². The first-order chi connectivity index (χ1) is 10.3. The lowest BCUT2D eigenvalue weighted by Gasteiger charge is -2.25. The molecule has 0 bridgehead atoms. The molecule has 8 heteroatoms. The van der Waals surface area contributed by atoms with Crippen LogP contribution in [-0.4, -0.2) is 46.1 Å². The minimum atomic E-state index is -1.10. The smallest absolute Gasteiger partial charge is 0.326 e. The molecule has 22 heavy (non-hydrogen) atoms. The number of pyridine rings is 1. The highest BCUT2D eigenvalue weighted by Gasteiger charge is 2.42. The number of carboxylic acid groups (broad SMARTS) is 1. The summed E-state index contributed by atoms with van der Waals surface area (Å²) >= 11 is 5.67. The highest BCUT2D eigenvalue weighted by Crippen LogP contribution is 2.29. The van der Waals surface area contributed by atoms with Crippen molar-refractivity contribution in [2.75, 3.05) is 18.0 Å². The van der Waals surface area contributed by atoms with Gasteiger partial charge < -0.3 is 10.0 Å².